The van der Waals surface area contributed by atoms with Crippen molar-refractivity contribution in [2.45, 2.75) is 25.9 Å². The van der Waals surface area contributed by atoms with E-state index < -0.39 is 0 Å². The molecule has 1 unspecified atom stereocenters. The summed E-state index contributed by atoms with van der Waals surface area (Å²) in [6, 6.07) is 8.03. The summed E-state index contributed by atoms with van der Waals surface area (Å²) in [6.45, 7) is 5.15. The van der Waals surface area contributed by atoms with Gasteiger partial charge in [-0.1, -0.05) is 12.1 Å². The first-order valence-corrected chi connectivity index (χ1v) is 6.53. The van der Waals surface area contributed by atoms with Gasteiger partial charge in [-0.05, 0) is 31.5 Å². The van der Waals surface area contributed by atoms with Crippen LogP contribution in [-0.2, 0) is 4.74 Å². The second-order valence-corrected chi connectivity index (χ2v) is 4.83. The van der Waals surface area contributed by atoms with Crippen LogP contribution in [0, 0.1) is 0 Å². The summed E-state index contributed by atoms with van der Waals surface area (Å²) < 4.78 is 4.91. The minimum absolute atomic E-state index is 0.0586. The van der Waals surface area contributed by atoms with Gasteiger partial charge in [-0.2, -0.15) is 0 Å². The Bertz CT molecular complexity index is 433. The summed E-state index contributed by atoms with van der Waals surface area (Å²) in [7, 11) is 0. The van der Waals surface area contributed by atoms with Crippen molar-refractivity contribution in [3.8, 4) is 0 Å². The summed E-state index contributed by atoms with van der Waals surface area (Å²) in [5.74, 6) is 0. The number of anilines is 1. The molecular weight excluding hydrogens is 244 g/mol. The van der Waals surface area contributed by atoms with Gasteiger partial charge in [0, 0.05) is 17.8 Å². The summed E-state index contributed by atoms with van der Waals surface area (Å²) in [4.78, 5) is 13.1. The van der Waals surface area contributed by atoms with Gasteiger partial charge in [-0.15, -0.1) is 0 Å². The molecule has 1 fully saturated rings. The smallest absolute Gasteiger partial charge is 0.414 e. The van der Waals surface area contributed by atoms with Crippen molar-refractivity contribution < 1.29 is 14.6 Å². The summed E-state index contributed by atoms with van der Waals surface area (Å²) >= 11 is 0. The highest BCUT2D eigenvalue weighted by Crippen LogP contribution is 2.21. The van der Waals surface area contributed by atoms with E-state index in [2.05, 4.69) is 5.32 Å². The third-order valence-corrected chi connectivity index (χ3v) is 3.27. The predicted molar refractivity (Wildman–Crippen MR) is 73.2 cm³/mol. The van der Waals surface area contributed by atoms with Crippen LogP contribution in [0.5, 0.6) is 0 Å². The molecule has 1 aliphatic rings. The highest BCUT2D eigenvalue weighted by atomic mass is 16.6. The van der Waals surface area contributed by atoms with Gasteiger partial charge in [0.25, 0.3) is 0 Å². The van der Waals surface area contributed by atoms with Crippen LogP contribution in [0.1, 0.15) is 25.5 Å². The zero-order chi connectivity index (χ0) is 13.8. The number of carbonyl (C=O) groups excluding carboxylic acids is 1. The zero-order valence-corrected chi connectivity index (χ0v) is 11.3. The second kappa shape index (κ2) is 6.04. The molecule has 1 saturated heterocycles. The summed E-state index contributed by atoms with van der Waals surface area (Å²) in [5.41, 5.74) is 1.98. The van der Waals surface area contributed by atoms with E-state index in [0.29, 0.717) is 13.2 Å². The zero-order valence-electron chi connectivity index (χ0n) is 11.3. The molecule has 0 aliphatic carbocycles. The highest BCUT2D eigenvalue weighted by Gasteiger charge is 2.23. The van der Waals surface area contributed by atoms with Gasteiger partial charge in [0.05, 0.1) is 13.2 Å². The fraction of sp³-hybridized carbons (Fsp3) is 0.500. The minimum atomic E-state index is -0.284. The third kappa shape index (κ3) is 3.24. The highest BCUT2D eigenvalue weighted by molar-refractivity contribution is 5.89. The Kier molecular flexibility index (Phi) is 4.39. The largest absolute Gasteiger partial charge is 0.447 e. The molecule has 0 spiro atoms. The number of amides is 1. The average molecular weight is 264 g/mol. The van der Waals surface area contributed by atoms with Gasteiger partial charge < -0.3 is 15.2 Å². The van der Waals surface area contributed by atoms with Crippen LogP contribution < -0.4 is 10.2 Å². The maximum absolute atomic E-state index is 11.4. The lowest BCUT2D eigenvalue weighted by atomic mass is 10.1. The van der Waals surface area contributed by atoms with Crippen molar-refractivity contribution in [1.82, 2.24) is 5.32 Å². The van der Waals surface area contributed by atoms with Crippen molar-refractivity contribution in [3.63, 3.8) is 0 Å². The standard InChI is InChI=1S/C14H20N2O3/c1-10(9-17)15-11(2)12-3-5-13(6-4-12)16-7-8-19-14(16)18/h3-6,10-11,15,17H,7-9H2,1-2H3/t10-,11?/m1/s1. The molecule has 1 aromatic carbocycles. The van der Waals surface area contributed by atoms with Crippen LogP contribution >= 0.6 is 0 Å². The maximum atomic E-state index is 11.4. The topological polar surface area (TPSA) is 61.8 Å². The first kappa shape index (κ1) is 13.8. The van der Waals surface area contributed by atoms with E-state index in [1.54, 1.807) is 4.90 Å². The van der Waals surface area contributed by atoms with Crippen LogP contribution in [0.2, 0.25) is 0 Å². The number of carbonyl (C=O) groups is 1. The number of hydrogen-bond acceptors (Lipinski definition) is 4. The van der Waals surface area contributed by atoms with E-state index in [0.717, 1.165) is 11.3 Å². The quantitative estimate of drug-likeness (QED) is 0.849. The molecule has 0 bridgehead atoms. The number of nitrogens with zero attached hydrogens (tertiary/aromatic N) is 1. The Morgan fingerprint density at radius 1 is 1.37 bits per heavy atom. The molecule has 0 saturated carbocycles. The SMILES string of the molecule is CC(N[C@H](C)CO)c1ccc(N2CCOC2=O)cc1. The first-order valence-electron chi connectivity index (χ1n) is 6.53. The number of aliphatic hydroxyl groups is 1. The molecule has 1 aromatic rings. The molecule has 0 radical (unpaired) electrons. The lowest BCUT2D eigenvalue weighted by molar-refractivity contribution is 0.181. The predicted octanol–water partition coefficient (Wildman–Crippen LogP) is 1.67. The number of benzene rings is 1. The summed E-state index contributed by atoms with van der Waals surface area (Å²) in [5, 5.41) is 12.3. The number of cyclic esters (lactones) is 1. The molecule has 1 heterocycles. The van der Waals surface area contributed by atoms with Gasteiger partial charge in [-0.3, -0.25) is 4.90 Å². The van der Waals surface area contributed by atoms with Crippen molar-refractivity contribution in [2.75, 3.05) is 24.7 Å². The van der Waals surface area contributed by atoms with Gasteiger partial charge in [0.2, 0.25) is 0 Å². The van der Waals surface area contributed by atoms with E-state index in [4.69, 9.17) is 9.84 Å². The van der Waals surface area contributed by atoms with Crippen LogP contribution in [0.15, 0.2) is 24.3 Å². The van der Waals surface area contributed by atoms with Gasteiger partial charge in [-0.25, -0.2) is 4.79 Å². The number of aliphatic hydroxyl groups excluding tert-OH is 1. The minimum Gasteiger partial charge on any atom is -0.447 e. The van der Waals surface area contributed by atoms with Crippen LogP contribution in [0.25, 0.3) is 0 Å². The number of hydrogen-bond donors (Lipinski definition) is 2. The molecule has 1 aliphatic heterocycles. The fourth-order valence-corrected chi connectivity index (χ4v) is 2.15. The molecule has 19 heavy (non-hydrogen) atoms. The molecule has 0 aromatic heterocycles. The Balaban J connectivity index is 2.03. The lowest BCUT2D eigenvalue weighted by Gasteiger charge is -2.20. The third-order valence-electron chi connectivity index (χ3n) is 3.27. The molecule has 5 nitrogen and oxygen atoms in total. The van der Waals surface area contributed by atoms with Gasteiger partial charge in [0.15, 0.2) is 0 Å². The molecule has 2 rings (SSSR count). The monoisotopic (exact) mass is 264 g/mol. The molecule has 104 valence electrons. The van der Waals surface area contributed by atoms with E-state index in [9.17, 15) is 4.79 Å². The lowest BCUT2D eigenvalue weighted by Crippen LogP contribution is -2.31. The Labute approximate surface area is 113 Å². The second-order valence-electron chi connectivity index (χ2n) is 4.83. The number of nitrogens with one attached hydrogen (secondary N) is 1. The fourth-order valence-electron chi connectivity index (χ4n) is 2.15. The van der Waals surface area contributed by atoms with Crippen LogP contribution in [-0.4, -0.2) is 37.0 Å². The normalized spacial score (nSPS) is 18.3. The average Bonchev–Trinajstić information content (AvgIpc) is 2.85. The molecule has 2 atom stereocenters. The molecule has 2 N–H and O–H groups in total. The van der Waals surface area contributed by atoms with Crippen molar-refractivity contribution in [1.29, 1.82) is 0 Å². The molecular formula is C14H20N2O3. The summed E-state index contributed by atoms with van der Waals surface area (Å²) in [6.07, 6.45) is -0.284. The van der Waals surface area contributed by atoms with Gasteiger partial charge >= 0.3 is 6.09 Å². The van der Waals surface area contributed by atoms with Crippen LogP contribution in [0.4, 0.5) is 10.5 Å². The number of rotatable bonds is 5. The van der Waals surface area contributed by atoms with Gasteiger partial charge in [0.1, 0.15) is 6.61 Å². The molecule has 1 amide bonds. The Hall–Kier alpha value is -1.59. The van der Waals surface area contributed by atoms with E-state index in [1.165, 1.54) is 0 Å². The van der Waals surface area contributed by atoms with Crippen molar-refractivity contribution in [3.05, 3.63) is 29.8 Å². The van der Waals surface area contributed by atoms with E-state index in [1.807, 2.05) is 38.1 Å². The van der Waals surface area contributed by atoms with Crippen molar-refractivity contribution >= 4 is 11.8 Å². The van der Waals surface area contributed by atoms with E-state index >= 15 is 0 Å². The Morgan fingerprint density at radius 2 is 2.05 bits per heavy atom. The Morgan fingerprint density at radius 3 is 2.58 bits per heavy atom. The van der Waals surface area contributed by atoms with Crippen molar-refractivity contribution in [2.24, 2.45) is 0 Å². The van der Waals surface area contributed by atoms with E-state index in [-0.39, 0.29) is 24.8 Å². The first-order chi connectivity index (χ1) is 9.11. The molecule has 5 heteroatoms. The van der Waals surface area contributed by atoms with Crippen LogP contribution in [0.3, 0.4) is 0 Å². The number of ether oxygens (including phenoxy) is 1. The maximum Gasteiger partial charge on any atom is 0.414 e.